The van der Waals surface area contributed by atoms with Gasteiger partial charge < -0.3 is 44.6 Å². The maximum atomic E-state index is 13.0. The number of hydrogen-bond donors (Lipinski definition) is 5. The number of hydrogen-bond acceptors (Lipinski definition) is 12. The minimum Gasteiger partial charge on any atom is -0.461 e. The van der Waals surface area contributed by atoms with E-state index in [1.165, 1.54) is 31.2 Å². The van der Waals surface area contributed by atoms with E-state index in [0.717, 1.165) is 26.1 Å². The molecule has 2 fully saturated rings. The smallest absolute Gasteiger partial charge is 0.253 e. The molecule has 5 atom stereocenters. The molecule has 1 aliphatic carbocycles. The Labute approximate surface area is 250 Å². The molecule has 5 N–H and O–H groups in total. The van der Waals surface area contributed by atoms with E-state index in [9.17, 15) is 29.7 Å². The Balaban J connectivity index is 1.38. The van der Waals surface area contributed by atoms with E-state index >= 15 is 0 Å². The molecule has 0 bridgehead atoms. The molecule has 4 aliphatic rings. The lowest BCUT2D eigenvalue weighted by Crippen LogP contribution is -2.65. The Morgan fingerprint density at radius 2 is 1.93 bits per heavy atom. The van der Waals surface area contributed by atoms with Gasteiger partial charge in [0.2, 0.25) is 12.2 Å². The highest BCUT2D eigenvalue weighted by molar-refractivity contribution is 6.32. The lowest BCUT2D eigenvalue weighted by atomic mass is 9.97. The van der Waals surface area contributed by atoms with Crippen LogP contribution in [-0.4, -0.2) is 114 Å². The molecular formula is C28H33ClN4O10. The van der Waals surface area contributed by atoms with Crippen molar-refractivity contribution in [2.75, 3.05) is 46.0 Å². The van der Waals surface area contributed by atoms with Crippen LogP contribution in [0, 0.1) is 0 Å². The van der Waals surface area contributed by atoms with Gasteiger partial charge in [-0.15, -0.1) is 0 Å². The SMILES string of the molecule is CC(=O)NC1C(Oc2cc3oc4cc(=O)cc(C(=O)NCCCN5CCOCC5)c-4nc3cc2Cl)OC(CO)C(O)C1O. The highest BCUT2D eigenvalue weighted by Gasteiger charge is 2.46. The summed E-state index contributed by atoms with van der Waals surface area (Å²) in [5.74, 6) is -0.904. The number of aromatic nitrogens is 1. The van der Waals surface area contributed by atoms with Gasteiger partial charge in [-0.25, -0.2) is 4.98 Å². The molecule has 232 valence electrons. The highest BCUT2D eigenvalue weighted by atomic mass is 35.5. The van der Waals surface area contributed by atoms with Gasteiger partial charge in [-0.1, -0.05) is 11.6 Å². The van der Waals surface area contributed by atoms with Gasteiger partial charge in [0.25, 0.3) is 5.91 Å². The lowest BCUT2D eigenvalue weighted by molar-refractivity contribution is -0.244. The van der Waals surface area contributed by atoms with Crippen molar-refractivity contribution in [2.24, 2.45) is 0 Å². The monoisotopic (exact) mass is 620 g/mol. The number of nitrogens with zero attached hydrogens (tertiary/aromatic N) is 2. The molecule has 3 heterocycles. The molecule has 0 saturated carbocycles. The first-order valence-corrected chi connectivity index (χ1v) is 14.2. The Morgan fingerprint density at radius 1 is 1.16 bits per heavy atom. The van der Waals surface area contributed by atoms with Gasteiger partial charge in [-0.2, -0.15) is 0 Å². The standard InChI is InChI=1S/C28H33ClN4O10/c1-14(35)31-24-26(38)25(37)22(13-34)43-28(24)42-19-12-20-18(11-17(19)29)32-23-16(9-15(36)10-21(23)41-20)27(39)30-3-2-4-33-5-7-40-8-6-33/h9-12,22,24-26,28,34,37-38H,2-8,13H2,1H3,(H,30,39)(H,31,35). The van der Waals surface area contributed by atoms with Crippen molar-refractivity contribution < 1.29 is 43.5 Å². The summed E-state index contributed by atoms with van der Waals surface area (Å²) in [7, 11) is 0. The maximum absolute atomic E-state index is 13.0. The number of carbonyl (C=O) groups is 2. The van der Waals surface area contributed by atoms with Crippen molar-refractivity contribution in [2.45, 2.75) is 44.0 Å². The van der Waals surface area contributed by atoms with E-state index < -0.39 is 54.5 Å². The Hall–Kier alpha value is -3.37. The first-order chi connectivity index (χ1) is 20.6. The van der Waals surface area contributed by atoms with E-state index in [-0.39, 0.29) is 38.9 Å². The number of benzene rings is 2. The second-order valence-electron chi connectivity index (χ2n) is 10.4. The summed E-state index contributed by atoms with van der Waals surface area (Å²) in [6.45, 7) is 4.90. The van der Waals surface area contributed by atoms with E-state index in [1.54, 1.807) is 0 Å². The molecule has 0 aromatic heterocycles. The first kappa shape index (κ1) is 31.1. The van der Waals surface area contributed by atoms with Crippen LogP contribution in [0.4, 0.5) is 0 Å². The third-order valence-corrected chi connectivity index (χ3v) is 7.59. The Bertz CT molecular complexity index is 1500. The number of ether oxygens (including phenoxy) is 3. The Kier molecular flexibility index (Phi) is 9.76. The molecule has 43 heavy (non-hydrogen) atoms. The molecular weight excluding hydrogens is 588 g/mol. The molecule has 1 aromatic carbocycles. The molecule has 3 aliphatic heterocycles. The summed E-state index contributed by atoms with van der Waals surface area (Å²) in [4.78, 5) is 44.0. The molecule has 15 heteroatoms. The maximum Gasteiger partial charge on any atom is 0.253 e. The number of rotatable bonds is 9. The van der Waals surface area contributed by atoms with Crippen LogP contribution in [0.3, 0.4) is 0 Å². The minimum atomic E-state index is -1.52. The first-order valence-electron chi connectivity index (χ1n) is 13.9. The van der Waals surface area contributed by atoms with Gasteiger partial charge in [-0.3, -0.25) is 19.3 Å². The second-order valence-corrected chi connectivity index (χ2v) is 10.8. The lowest BCUT2D eigenvalue weighted by Gasteiger charge is -2.42. The molecule has 14 nitrogen and oxygen atoms in total. The van der Waals surface area contributed by atoms with Crippen molar-refractivity contribution in [1.29, 1.82) is 0 Å². The number of amides is 2. The number of aliphatic hydroxyl groups excluding tert-OH is 3. The van der Waals surface area contributed by atoms with Gasteiger partial charge in [-0.05, 0) is 19.0 Å². The molecule has 2 saturated heterocycles. The topological polar surface area (TPSA) is 193 Å². The van der Waals surface area contributed by atoms with Gasteiger partial charge in [0.15, 0.2) is 16.8 Å². The fourth-order valence-corrected chi connectivity index (χ4v) is 5.29. The number of morpholine rings is 1. The molecule has 5 unspecified atom stereocenters. The fourth-order valence-electron chi connectivity index (χ4n) is 5.09. The molecule has 0 radical (unpaired) electrons. The molecule has 1 aromatic rings. The zero-order chi connectivity index (χ0) is 30.7. The number of nitrogens with one attached hydrogen (secondary N) is 2. The van der Waals surface area contributed by atoms with Crippen molar-refractivity contribution >= 4 is 34.5 Å². The highest BCUT2D eigenvalue weighted by Crippen LogP contribution is 2.35. The van der Waals surface area contributed by atoms with Crippen LogP contribution >= 0.6 is 11.6 Å². The van der Waals surface area contributed by atoms with Crippen LogP contribution in [0.1, 0.15) is 23.7 Å². The summed E-state index contributed by atoms with van der Waals surface area (Å²) in [5, 5.41) is 35.7. The largest absolute Gasteiger partial charge is 0.461 e. The second kappa shape index (κ2) is 13.5. The molecule has 5 rings (SSSR count). The van der Waals surface area contributed by atoms with Gasteiger partial charge in [0, 0.05) is 44.8 Å². The minimum absolute atomic E-state index is 0.0104. The van der Waals surface area contributed by atoms with Crippen molar-refractivity contribution in [3.05, 3.63) is 45.1 Å². The van der Waals surface area contributed by atoms with Crippen LogP contribution in [-0.2, 0) is 14.3 Å². The molecule has 2 amide bonds. The summed E-state index contributed by atoms with van der Waals surface area (Å²) in [6, 6.07) is 4.02. The number of aliphatic hydroxyl groups is 3. The molecule has 0 spiro atoms. The van der Waals surface area contributed by atoms with Gasteiger partial charge in [0.1, 0.15) is 41.3 Å². The predicted octanol–water partition coefficient (Wildman–Crippen LogP) is -0.279. The van der Waals surface area contributed by atoms with Crippen LogP contribution in [0.2, 0.25) is 5.02 Å². The van der Waals surface area contributed by atoms with Crippen LogP contribution in [0.15, 0.2) is 33.5 Å². The number of fused-ring (bicyclic) bond motifs is 2. The van der Waals surface area contributed by atoms with Crippen LogP contribution in [0.5, 0.6) is 5.75 Å². The van der Waals surface area contributed by atoms with E-state index in [4.69, 9.17) is 30.2 Å². The summed E-state index contributed by atoms with van der Waals surface area (Å²) < 4.78 is 22.8. The zero-order valence-corrected chi connectivity index (χ0v) is 24.1. The average molecular weight is 621 g/mol. The predicted molar refractivity (Wildman–Crippen MR) is 152 cm³/mol. The van der Waals surface area contributed by atoms with E-state index in [2.05, 4.69) is 20.5 Å². The van der Waals surface area contributed by atoms with Crippen LogP contribution in [0.25, 0.3) is 22.6 Å². The summed E-state index contributed by atoms with van der Waals surface area (Å²) in [6.07, 6.45) is -4.83. The summed E-state index contributed by atoms with van der Waals surface area (Å²) >= 11 is 6.49. The van der Waals surface area contributed by atoms with Crippen molar-refractivity contribution in [3.8, 4) is 17.2 Å². The van der Waals surface area contributed by atoms with Crippen molar-refractivity contribution in [3.63, 3.8) is 0 Å². The fraction of sp³-hybridized carbons (Fsp3) is 0.500. The third-order valence-electron chi connectivity index (χ3n) is 7.29. The number of halogens is 1. The van der Waals surface area contributed by atoms with Gasteiger partial charge in [0.05, 0.1) is 30.4 Å². The van der Waals surface area contributed by atoms with E-state index in [1.807, 2.05) is 0 Å². The van der Waals surface area contributed by atoms with Gasteiger partial charge >= 0.3 is 0 Å². The third kappa shape index (κ3) is 7.07. The quantitative estimate of drug-likeness (QED) is 0.155. The van der Waals surface area contributed by atoms with Crippen molar-refractivity contribution in [1.82, 2.24) is 20.5 Å². The van der Waals surface area contributed by atoms with Crippen LogP contribution < -0.4 is 20.8 Å². The summed E-state index contributed by atoms with van der Waals surface area (Å²) in [5.41, 5.74) is 0.203. The Morgan fingerprint density at radius 3 is 2.65 bits per heavy atom. The normalized spacial score (nSPS) is 24.6. The zero-order valence-electron chi connectivity index (χ0n) is 23.3. The number of carbonyl (C=O) groups excluding carboxylic acids is 2. The van der Waals surface area contributed by atoms with E-state index in [0.29, 0.717) is 19.8 Å². The average Bonchev–Trinajstić information content (AvgIpc) is 2.98.